The van der Waals surface area contributed by atoms with Gasteiger partial charge in [0.1, 0.15) is 12.4 Å². The number of rotatable bonds is 8. The van der Waals surface area contributed by atoms with E-state index < -0.39 is 6.10 Å². The summed E-state index contributed by atoms with van der Waals surface area (Å²) in [6.07, 6.45) is -0.638. The number of halogens is 1. The number of carbonyl (C=O) groups excluding carboxylic acids is 1. The van der Waals surface area contributed by atoms with Crippen LogP contribution in [0.3, 0.4) is 0 Å². The summed E-state index contributed by atoms with van der Waals surface area (Å²) in [4.78, 5) is 11.4. The number of methoxy groups -OCH3 is 1. The van der Waals surface area contributed by atoms with Gasteiger partial charge in [-0.1, -0.05) is 23.7 Å². The predicted molar refractivity (Wildman–Crippen MR) is 97.2 cm³/mol. The maximum Gasteiger partial charge on any atom is 0.337 e. The lowest BCUT2D eigenvalue weighted by molar-refractivity contribution is 0.0600. The van der Waals surface area contributed by atoms with Gasteiger partial charge in [0.05, 0.1) is 18.8 Å². The average Bonchev–Trinajstić information content (AvgIpc) is 2.64. The number of benzene rings is 2. The van der Waals surface area contributed by atoms with E-state index in [9.17, 15) is 9.90 Å². The van der Waals surface area contributed by atoms with Gasteiger partial charge in [0.25, 0.3) is 0 Å². The number of nitrogens with one attached hydrogen (secondary N) is 1. The standard InChI is InChI=1S/C19H22ClNO4/c1-13(21-11-18(22)15-4-3-5-16(20)10-15)12-25-17-8-6-14(7-9-17)19(23)24-2/h3-10,13,18,21-22H,11-12H2,1-2H3. The molecule has 0 heterocycles. The van der Waals surface area contributed by atoms with Crippen LogP contribution in [0.15, 0.2) is 48.5 Å². The number of hydrogen-bond acceptors (Lipinski definition) is 5. The van der Waals surface area contributed by atoms with Crippen LogP contribution in [0.5, 0.6) is 5.75 Å². The van der Waals surface area contributed by atoms with E-state index in [2.05, 4.69) is 10.1 Å². The molecule has 0 aromatic heterocycles. The SMILES string of the molecule is COC(=O)c1ccc(OCC(C)NCC(O)c2cccc(Cl)c2)cc1. The quantitative estimate of drug-likeness (QED) is 0.705. The van der Waals surface area contributed by atoms with Crippen LogP contribution in [0, 0.1) is 0 Å². The first-order valence-electron chi connectivity index (χ1n) is 7.97. The highest BCUT2D eigenvalue weighted by Crippen LogP contribution is 2.17. The molecule has 5 nitrogen and oxygen atoms in total. The van der Waals surface area contributed by atoms with Gasteiger partial charge >= 0.3 is 5.97 Å². The lowest BCUT2D eigenvalue weighted by Gasteiger charge is -2.18. The Hall–Kier alpha value is -2.08. The number of carbonyl (C=O) groups is 1. The van der Waals surface area contributed by atoms with Crippen LogP contribution < -0.4 is 10.1 Å². The molecule has 2 unspecified atom stereocenters. The fourth-order valence-corrected chi connectivity index (χ4v) is 2.43. The van der Waals surface area contributed by atoms with Crippen molar-refractivity contribution in [3.63, 3.8) is 0 Å². The second-order valence-corrected chi connectivity index (χ2v) is 6.14. The molecule has 0 radical (unpaired) electrons. The molecule has 2 rings (SSSR count). The topological polar surface area (TPSA) is 67.8 Å². The molecule has 0 saturated heterocycles. The molecular formula is C19H22ClNO4. The highest BCUT2D eigenvalue weighted by molar-refractivity contribution is 6.30. The minimum absolute atomic E-state index is 0.0362. The number of hydrogen-bond donors (Lipinski definition) is 2. The molecule has 2 aromatic rings. The fraction of sp³-hybridized carbons (Fsp3) is 0.316. The summed E-state index contributed by atoms with van der Waals surface area (Å²) in [7, 11) is 1.35. The first-order chi connectivity index (χ1) is 12.0. The van der Waals surface area contributed by atoms with Crippen LogP contribution in [-0.4, -0.2) is 37.4 Å². The van der Waals surface area contributed by atoms with Crippen molar-refractivity contribution in [2.24, 2.45) is 0 Å². The monoisotopic (exact) mass is 363 g/mol. The largest absolute Gasteiger partial charge is 0.492 e. The number of aliphatic hydroxyl groups excluding tert-OH is 1. The maximum atomic E-state index is 11.4. The normalized spacial score (nSPS) is 13.1. The van der Waals surface area contributed by atoms with Gasteiger partial charge in [-0.25, -0.2) is 4.79 Å². The summed E-state index contributed by atoms with van der Waals surface area (Å²) in [5, 5.41) is 14.0. The van der Waals surface area contributed by atoms with Gasteiger partial charge < -0.3 is 19.9 Å². The van der Waals surface area contributed by atoms with Crippen LogP contribution in [0.2, 0.25) is 5.02 Å². The first-order valence-corrected chi connectivity index (χ1v) is 8.35. The van der Waals surface area contributed by atoms with Gasteiger partial charge in [0.2, 0.25) is 0 Å². The zero-order chi connectivity index (χ0) is 18.2. The second-order valence-electron chi connectivity index (χ2n) is 5.71. The van der Waals surface area contributed by atoms with E-state index in [1.165, 1.54) is 7.11 Å². The first kappa shape index (κ1) is 19.2. The lowest BCUT2D eigenvalue weighted by atomic mass is 10.1. The van der Waals surface area contributed by atoms with Gasteiger partial charge in [-0.2, -0.15) is 0 Å². The van der Waals surface area contributed by atoms with Crippen LogP contribution in [0.4, 0.5) is 0 Å². The molecule has 2 aromatic carbocycles. The minimum atomic E-state index is -0.638. The van der Waals surface area contributed by atoms with Crippen LogP contribution in [-0.2, 0) is 4.74 Å². The highest BCUT2D eigenvalue weighted by atomic mass is 35.5. The smallest absolute Gasteiger partial charge is 0.337 e. The van der Waals surface area contributed by atoms with E-state index in [1.807, 2.05) is 19.1 Å². The number of aliphatic hydroxyl groups is 1. The van der Waals surface area contributed by atoms with Crippen molar-refractivity contribution >= 4 is 17.6 Å². The Morgan fingerprint density at radius 2 is 1.96 bits per heavy atom. The van der Waals surface area contributed by atoms with Crippen LogP contribution in [0.1, 0.15) is 28.9 Å². The summed E-state index contributed by atoms with van der Waals surface area (Å²) in [6.45, 7) is 2.79. The molecule has 2 atom stereocenters. The molecule has 0 amide bonds. The van der Waals surface area contributed by atoms with Gasteiger partial charge in [-0.05, 0) is 48.9 Å². The Balaban J connectivity index is 1.76. The Labute approximate surface area is 152 Å². The molecule has 0 saturated carbocycles. The zero-order valence-corrected chi connectivity index (χ0v) is 15.0. The number of ether oxygens (including phenoxy) is 2. The molecule has 6 heteroatoms. The van der Waals surface area contributed by atoms with Crippen molar-refractivity contribution in [1.29, 1.82) is 0 Å². The van der Waals surface area contributed by atoms with E-state index in [0.717, 1.165) is 5.56 Å². The van der Waals surface area contributed by atoms with Crippen molar-refractivity contribution in [2.45, 2.75) is 19.1 Å². The zero-order valence-electron chi connectivity index (χ0n) is 14.2. The second kappa shape index (κ2) is 9.42. The molecule has 0 fully saturated rings. The Kier molecular flexibility index (Phi) is 7.25. The van der Waals surface area contributed by atoms with Gasteiger partial charge in [0.15, 0.2) is 0 Å². The van der Waals surface area contributed by atoms with Gasteiger partial charge in [-0.3, -0.25) is 0 Å². The van der Waals surface area contributed by atoms with E-state index in [0.29, 0.717) is 29.5 Å². The van der Waals surface area contributed by atoms with Crippen LogP contribution in [0.25, 0.3) is 0 Å². The highest BCUT2D eigenvalue weighted by Gasteiger charge is 2.11. The summed E-state index contributed by atoms with van der Waals surface area (Å²) in [5.41, 5.74) is 1.25. The molecule has 134 valence electrons. The molecular weight excluding hydrogens is 342 g/mol. The van der Waals surface area contributed by atoms with Crippen molar-refractivity contribution in [1.82, 2.24) is 5.32 Å². The van der Waals surface area contributed by atoms with E-state index in [4.69, 9.17) is 16.3 Å². The summed E-state index contributed by atoms with van der Waals surface area (Å²) in [5.74, 6) is 0.285. The molecule has 0 aliphatic carbocycles. The molecule has 2 N–H and O–H groups in total. The van der Waals surface area contributed by atoms with Gasteiger partial charge in [0, 0.05) is 17.6 Å². The summed E-state index contributed by atoms with van der Waals surface area (Å²) in [6, 6.07) is 14.0. The summed E-state index contributed by atoms with van der Waals surface area (Å²) < 4.78 is 10.3. The van der Waals surface area contributed by atoms with Crippen LogP contribution >= 0.6 is 11.6 Å². The summed E-state index contributed by atoms with van der Waals surface area (Å²) >= 11 is 5.93. The van der Waals surface area contributed by atoms with Crippen molar-refractivity contribution in [3.8, 4) is 5.75 Å². The fourth-order valence-electron chi connectivity index (χ4n) is 2.23. The Morgan fingerprint density at radius 1 is 1.24 bits per heavy atom. The van der Waals surface area contributed by atoms with Gasteiger partial charge in [-0.15, -0.1) is 0 Å². The van der Waals surface area contributed by atoms with E-state index in [1.54, 1.807) is 36.4 Å². The predicted octanol–water partition coefficient (Wildman–Crippen LogP) is 3.22. The molecule has 0 aliphatic heterocycles. The molecule has 25 heavy (non-hydrogen) atoms. The van der Waals surface area contributed by atoms with Crippen molar-refractivity contribution in [3.05, 3.63) is 64.7 Å². The third-order valence-corrected chi connectivity index (χ3v) is 3.90. The molecule has 0 spiro atoms. The molecule has 0 aliphatic rings. The van der Waals surface area contributed by atoms with E-state index >= 15 is 0 Å². The van der Waals surface area contributed by atoms with Crippen molar-refractivity contribution < 1.29 is 19.4 Å². The van der Waals surface area contributed by atoms with Crippen molar-refractivity contribution in [2.75, 3.05) is 20.3 Å². The lowest BCUT2D eigenvalue weighted by Crippen LogP contribution is -2.34. The third-order valence-electron chi connectivity index (χ3n) is 3.67. The Bertz CT molecular complexity index is 690. The Morgan fingerprint density at radius 3 is 2.60 bits per heavy atom. The maximum absolute atomic E-state index is 11.4. The average molecular weight is 364 g/mol. The minimum Gasteiger partial charge on any atom is -0.492 e. The number of esters is 1. The third kappa shape index (κ3) is 6.05. The van der Waals surface area contributed by atoms with E-state index in [-0.39, 0.29) is 12.0 Å². The molecule has 0 bridgehead atoms.